The second kappa shape index (κ2) is 10.6. The van der Waals surface area contributed by atoms with Gasteiger partial charge in [-0.05, 0) is 59.4 Å². The summed E-state index contributed by atoms with van der Waals surface area (Å²) in [6.45, 7) is 7.81. The minimum absolute atomic E-state index is 0. The molecule has 6 heteroatoms. The molecule has 1 aliphatic heterocycles. The largest absolute Gasteiger partial charge is 0.512 e. The summed E-state index contributed by atoms with van der Waals surface area (Å²) >= 11 is 0. The Kier molecular flexibility index (Phi) is 7.36. The van der Waals surface area contributed by atoms with E-state index >= 15 is 0 Å². The zero-order chi connectivity index (χ0) is 27.3. The molecule has 0 fully saturated rings. The molecule has 0 saturated heterocycles. The van der Waals surface area contributed by atoms with Crippen LogP contribution in [0.4, 0.5) is 0 Å². The van der Waals surface area contributed by atoms with Crippen LogP contribution in [0.2, 0.25) is 13.1 Å². The normalized spacial score (nSPS) is 13.3. The Labute approximate surface area is 248 Å². The third-order valence-corrected chi connectivity index (χ3v) is 11.0. The molecule has 0 saturated carbocycles. The van der Waals surface area contributed by atoms with Crippen LogP contribution in [0, 0.1) is 6.07 Å². The second-order valence-electron chi connectivity index (χ2n) is 10.6. The zero-order valence-electron chi connectivity index (χ0n) is 22.8. The monoisotopic (exact) mass is 718 g/mol. The topological polar surface area (TPSA) is 55.1 Å². The van der Waals surface area contributed by atoms with Crippen LogP contribution in [0.5, 0.6) is 0 Å². The molecule has 4 aromatic carbocycles. The Morgan fingerprint density at radius 1 is 0.900 bits per heavy atom. The number of rotatable bonds is 2. The SMILES string of the molecule is CC(=O)/C=C(/C)O.C[Si]1(C)c2c(ncc3ccccc23)-c2[c-]ccc3c2c2c1cccc2n3-c1ccccc1.[Ir]. The number of fused-ring (bicyclic) bond motifs is 4. The maximum atomic E-state index is 10.0. The molecule has 201 valence electrons. The molecule has 7 rings (SSSR count). The number of carbonyl (C=O) groups excluding carboxylic acids is 1. The van der Waals surface area contributed by atoms with Gasteiger partial charge >= 0.3 is 0 Å². The van der Waals surface area contributed by atoms with E-state index in [1.807, 2.05) is 6.20 Å². The number of aromatic nitrogens is 2. The van der Waals surface area contributed by atoms with Crippen LogP contribution in [-0.2, 0) is 24.9 Å². The fraction of sp³-hybridized carbons (Fsp3) is 0.118. The van der Waals surface area contributed by atoms with Gasteiger partial charge in [0.15, 0.2) is 5.78 Å². The third kappa shape index (κ3) is 4.42. The summed E-state index contributed by atoms with van der Waals surface area (Å²) in [4.78, 5) is 15.1. The van der Waals surface area contributed by atoms with Crippen molar-refractivity contribution in [1.82, 2.24) is 9.55 Å². The van der Waals surface area contributed by atoms with Crippen LogP contribution in [0.25, 0.3) is 49.5 Å². The fourth-order valence-corrected chi connectivity index (χ4v) is 9.37. The molecule has 0 amide bonds. The summed E-state index contributed by atoms with van der Waals surface area (Å²) in [5, 5.41) is 16.5. The molecule has 40 heavy (non-hydrogen) atoms. The summed E-state index contributed by atoms with van der Waals surface area (Å²) in [5.74, 6) is -0.0625. The number of hydrogen-bond acceptors (Lipinski definition) is 3. The molecule has 4 nitrogen and oxygen atoms in total. The Balaban J connectivity index is 0.000000362. The first-order valence-electron chi connectivity index (χ1n) is 13.1. The Hall–Kier alpha value is -3.83. The van der Waals surface area contributed by atoms with Crippen molar-refractivity contribution in [2.45, 2.75) is 26.9 Å². The number of allylic oxidation sites excluding steroid dienone is 2. The summed E-state index contributed by atoms with van der Waals surface area (Å²) in [7, 11) is -2.08. The van der Waals surface area contributed by atoms with Crippen molar-refractivity contribution in [1.29, 1.82) is 0 Å². The molecule has 0 aliphatic carbocycles. The molecular formula is C34H29IrN2O2Si-. The van der Waals surface area contributed by atoms with E-state index in [1.54, 1.807) is 0 Å². The van der Waals surface area contributed by atoms with Gasteiger partial charge in [0.25, 0.3) is 0 Å². The smallest absolute Gasteiger partial charge is 0.155 e. The molecule has 1 N–H and O–H groups in total. The van der Waals surface area contributed by atoms with Gasteiger partial charge in [-0.3, -0.25) is 4.79 Å². The number of para-hydroxylation sites is 1. The van der Waals surface area contributed by atoms with E-state index in [0.29, 0.717) is 0 Å². The number of pyridine rings is 1. The Morgan fingerprint density at radius 2 is 1.60 bits per heavy atom. The fourth-order valence-electron chi connectivity index (χ4n) is 6.02. The number of nitrogens with zero attached hydrogens (tertiary/aromatic N) is 2. The van der Waals surface area contributed by atoms with E-state index in [1.165, 1.54) is 68.6 Å². The first-order chi connectivity index (χ1) is 18.8. The van der Waals surface area contributed by atoms with Gasteiger partial charge in [-0.25, -0.2) is 0 Å². The standard InChI is InChI=1S/C29H21N2Si.C5H8O2.Ir/c1-32(2)25-17-9-16-24-27(25)26-22(28-29(32)21-13-7-6-10-19(21)18-30-28)14-8-15-23(26)31(24)20-11-4-3-5-12-20;1-4(6)3-5(2)7;/h3-13,15-18H,1-2H3;3,6H,1-2H3;/q-1;;/b;4-3-;. The van der Waals surface area contributed by atoms with Gasteiger partial charge in [0.2, 0.25) is 0 Å². The van der Waals surface area contributed by atoms with Gasteiger partial charge in [0, 0.05) is 43.6 Å². The van der Waals surface area contributed by atoms with Gasteiger partial charge < -0.3 is 14.7 Å². The van der Waals surface area contributed by atoms with Crippen molar-refractivity contribution < 1.29 is 30.0 Å². The van der Waals surface area contributed by atoms with Gasteiger partial charge in [-0.1, -0.05) is 83.5 Å². The summed E-state index contributed by atoms with van der Waals surface area (Å²) < 4.78 is 2.40. The van der Waals surface area contributed by atoms with E-state index in [2.05, 4.69) is 109 Å². The molecule has 3 heterocycles. The number of hydrogen-bond donors (Lipinski definition) is 1. The number of aliphatic hydroxyl groups is 1. The van der Waals surface area contributed by atoms with Crippen LogP contribution in [0.3, 0.4) is 0 Å². The van der Waals surface area contributed by atoms with Gasteiger partial charge in [-0.15, -0.1) is 23.8 Å². The number of aliphatic hydroxyl groups excluding tert-OH is 1. The van der Waals surface area contributed by atoms with Crippen LogP contribution in [-0.4, -0.2) is 28.5 Å². The Bertz CT molecular complexity index is 1940. The number of carbonyl (C=O) groups is 1. The minimum Gasteiger partial charge on any atom is -0.512 e. The van der Waals surface area contributed by atoms with Gasteiger partial charge in [0.05, 0.1) is 5.76 Å². The molecule has 0 unspecified atom stereocenters. The third-order valence-electron chi connectivity index (χ3n) is 7.51. The predicted octanol–water partition coefficient (Wildman–Crippen LogP) is 6.97. The average Bonchev–Trinajstić information content (AvgIpc) is 3.23. The van der Waals surface area contributed by atoms with Gasteiger partial charge in [0.1, 0.15) is 8.07 Å². The second-order valence-corrected chi connectivity index (χ2v) is 14.9. The maximum absolute atomic E-state index is 10.0. The molecule has 0 bridgehead atoms. The van der Waals surface area contributed by atoms with Gasteiger partial charge in [-0.2, -0.15) is 0 Å². The first-order valence-corrected chi connectivity index (χ1v) is 16.1. The molecule has 0 atom stereocenters. The number of ketones is 1. The van der Waals surface area contributed by atoms with E-state index in [4.69, 9.17) is 10.1 Å². The summed E-state index contributed by atoms with van der Waals surface area (Å²) in [5.41, 5.74) is 5.92. The average molecular weight is 718 g/mol. The number of benzene rings is 4. The molecule has 2 aromatic heterocycles. The van der Waals surface area contributed by atoms with Crippen LogP contribution in [0.1, 0.15) is 13.8 Å². The zero-order valence-corrected chi connectivity index (χ0v) is 26.2. The summed E-state index contributed by atoms with van der Waals surface area (Å²) in [6, 6.07) is 34.1. The summed E-state index contributed by atoms with van der Waals surface area (Å²) in [6.07, 6.45) is 3.20. The maximum Gasteiger partial charge on any atom is 0.155 e. The molecule has 1 aliphatic rings. The van der Waals surface area contributed by atoms with Crippen molar-refractivity contribution in [2.75, 3.05) is 0 Å². The van der Waals surface area contributed by atoms with Crippen LogP contribution >= 0.6 is 0 Å². The van der Waals surface area contributed by atoms with Crippen molar-refractivity contribution in [3.8, 4) is 16.9 Å². The first kappa shape index (κ1) is 27.7. The van der Waals surface area contributed by atoms with Crippen molar-refractivity contribution in [3.05, 3.63) is 109 Å². The Morgan fingerprint density at radius 3 is 2.30 bits per heavy atom. The molecule has 1 radical (unpaired) electrons. The van der Waals surface area contributed by atoms with E-state index in [0.717, 1.165) is 11.3 Å². The van der Waals surface area contributed by atoms with Crippen molar-refractivity contribution in [3.63, 3.8) is 0 Å². The van der Waals surface area contributed by atoms with Crippen LogP contribution < -0.4 is 10.4 Å². The van der Waals surface area contributed by atoms with E-state index in [9.17, 15) is 4.79 Å². The molecular weight excluding hydrogens is 689 g/mol. The molecule has 6 aromatic rings. The predicted molar refractivity (Wildman–Crippen MR) is 164 cm³/mol. The van der Waals surface area contributed by atoms with Crippen molar-refractivity contribution in [2.24, 2.45) is 0 Å². The van der Waals surface area contributed by atoms with Crippen LogP contribution in [0.15, 0.2) is 103 Å². The van der Waals surface area contributed by atoms with E-state index < -0.39 is 8.07 Å². The molecule has 0 spiro atoms. The quantitative estimate of drug-likeness (QED) is 0.0912. The minimum atomic E-state index is -2.08. The van der Waals surface area contributed by atoms with E-state index in [-0.39, 0.29) is 31.6 Å². The van der Waals surface area contributed by atoms with Crippen molar-refractivity contribution >= 4 is 56.8 Å².